The van der Waals surface area contributed by atoms with Crippen LogP contribution in [0.1, 0.15) is 12.8 Å². The minimum Gasteiger partial charge on any atom is -0.369 e. The quantitative estimate of drug-likeness (QED) is 0.745. The standard InChI is InChI=1S/C19H25N7O2/c1-23-17(27)12-16(13-22-23)26-7-2-4-15(14-26)18(28)24-8-10-25(11-9-24)19-20-5-3-6-21-19/h3,5-6,12-13,15H,2,4,7-11,14H2,1H3. The molecular weight excluding hydrogens is 358 g/mol. The number of carbonyl (C=O) groups is 1. The summed E-state index contributed by atoms with van der Waals surface area (Å²) in [5, 5.41) is 4.10. The Morgan fingerprint density at radius 2 is 1.82 bits per heavy atom. The van der Waals surface area contributed by atoms with Gasteiger partial charge < -0.3 is 14.7 Å². The molecule has 2 aromatic rings. The van der Waals surface area contributed by atoms with Crippen molar-refractivity contribution < 1.29 is 4.79 Å². The zero-order valence-corrected chi connectivity index (χ0v) is 16.1. The first kappa shape index (κ1) is 18.4. The molecule has 148 valence electrons. The van der Waals surface area contributed by atoms with E-state index in [0.717, 1.165) is 44.1 Å². The highest BCUT2D eigenvalue weighted by Gasteiger charge is 2.31. The lowest BCUT2D eigenvalue weighted by Crippen LogP contribution is -2.53. The molecule has 0 radical (unpaired) electrons. The smallest absolute Gasteiger partial charge is 0.268 e. The highest BCUT2D eigenvalue weighted by molar-refractivity contribution is 5.80. The van der Waals surface area contributed by atoms with Crippen molar-refractivity contribution in [3.63, 3.8) is 0 Å². The molecule has 4 heterocycles. The van der Waals surface area contributed by atoms with E-state index in [1.165, 1.54) is 4.68 Å². The first-order valence-electron chi connectivity index (χ1n) is 9.71. The zero-order valence-electron chi connectivity index (χ0n) is 16.1. The Kier molecular flexibility index (Phi) is 5.23. The number of rotatable bonds is 3. The molecule has 0 aliphatic carbocycles. The summed E-state index contributed by atoms with van der Waals surface area (Å²) in [6.07, 6.45) is 7.00. The average Bonchev–Trinajstić information content (AvgIpc) is 2.76. The van der Waals surface area contributed by atoms with Gasteiger partial charge in [-0.15, -0.1) is 0 Å². The van der Waals surface area contributed by atoms with Crippen LogP contribution in [0.15, 0.2) is 35.5 Å². The van der Waals surface area contributed by atoms with Gasteiger partial charge in [0.15, 0.2) is 0 Å². The van der Waals surface area contributed by atoms with E-state index in [1.54, 1.807) is 37.8 Å². The molecule has 0 aromatic carbocycles. The first-order chi connectivity index (χ1) is 13.6. The molecular formula is C19H25N7O2. The third-order valence-corrected chi connectivity index (χ3v) is 5.52. The lowest BCUT2D eigenvalue weighted by atomic mass is 9.96. The van der Waals surface area contributed by atoms with Gasteiger partial charge in [-0.2, -0.15) is 5.10 Å². The second-order valence-electron chi connectivity index (χ2n) is 7.32. The number of anilines is 2. The van der Waals surface area contributed by atoms with Crippen LogP contribution in [0.3, 0.4) is 0 Å². The number of hydrogen-bond acceptors (Lipinski definition) is 7. The van der Waals surface area contributed by atoms with Gasteiger partial charge in [0.1, 0.15) is 0 Å². The number of hydrogen-bond donors (Lipinski definition) is 0. The first-order valence-corrected chi connectivity index (χ1v) is 9.71. The molecule has 1 atom stereocenters. The third-order valence-electron chi connectivity index (χ3n) is 5.52. The minimum atomic E-state index is -0.134. The molecule has 2 saturated heterocycles. The number of aryl methyl sites for hydroxylation is 1. The van der Waals surface area contributed by atoms with E-state index in [-0.39, 0.29) is 17.4 Å². The molecule has 2 aromatic heterocycles. The van der Waals surface area contributed by atoms with Crippen LogP contribution in [0, 0.1) is 5.92 Å². The Morgan fingerprint density at radius 1 is 1.07 bits per heavy atom. The number of carbonyl (C=O) groups excluding carboxylic acids is 1. The van der Waals surface area contributed by atoms with Crippen molar-refractivity contribution in [3.05, 3.63) is 41.1 Å². The summed E-state index contributed by atoms with van der Waals surface area (Å²) in [6, 6.07) is 3.40. The Balaban J connectivity index is 1.37. The van der Waals surface area contributed by atoms with Gasteiger partial charge in [0.05, 0.1) is 17.8 Å². The average molecular weight is 383 g/mol. The second kappa shape index (κ2) is 7.95. The van der Waals surface area contributed by atoms with Crippen LogP contribution in [0.4, 0.5) is 11.6 Å². The highest BCUT2D eigenvalue weighted by Crippen LogP contribution is 2.24. The summed E-state index contributed by atoms with van der Waals surface area (Å²) in [4.78, 5) is 39.7. The van der Waals surface area contributed by atoms with Crippen molar-refractivity contribution in [1.82, 2.24) is 24.6 Å². The van der Waals surface area contributed by atoms with Gasteiger partial charge in [-0.05, 0) is 18.9 Å². The summed E-state index contributed by atoms with van der Waals surface area (Å²) >= 11 is 0. The van der Waals surface area contributed by atoms with E-state index >= 15 is 0 Å². The van der Waals surface area contributed by atoms with Crippen LogP contribution < -0.4 is 15.4 Å². The summed E-state index contributed by atoms with van der Waals surface area (Å²) in [5.41, 5.74) is 0.664. The third kappa shape index (κ3) is 3.83. The molecule has 0 spiro atoms. The van der Waals surface area contributed by atoms with Crippen LogP contribution in [0.25, 0.3) is 0 Å². The van der Waals surface area contributed by atoms with Crippen molar-refractivity contribution in [3.8, 4) is 0 Å². The number of amides is 1. The van der Waals surface area contributed by atoms with Crippen molar-refractivity contribution >= 4 is 17.5 Å². The van der Waals surface area contributed by atoms with E-state index in [4.69, 9.17) is 0 Å². The van der Waals surface area contributed by atoms with E-state index in [2.05, 4.69) is 24.9 Å². The van der Waals surface area contributed by atoms with Crippen LogP contribution in [0.2, 0.25) is 0 Å². The Bertz CT molecular complexity index is 877. The zero-order chi connectivity index (χ0) is 19.5. The van der Waals surface area contributed by atoms with Gasteiger partial charge in [0.25, 0.3) is 5.56 Å². The van der Waals surface area contributed by atoms with Gasteiger partial charge in [0.2, 0.25) is 11.9 Å². The molecule has 1 amide bonds. The second-order valence-corrected chi connectivity index (χ2v) is 7.32. The van der Waals surface area contributed by atoms with Gasteiger partial charge in [-0.3, -0.25) is 9.59 Å². The molecule has 2 aliphatic heterocycles. The summed E-state index contributed by atoms with van der Waals surface area (Å²) in [6.45, 7) is 4.32. The van der Waals surface area contributed by atoms with Gasteiger partial charge in [-0.1, -0.05) is 0 Å². The summed E-state index contributed by atoms with van der Waals surface area (Å²) in [5.74, 6) is 0.879. The van der Waals surface area contributed by atoms with Crippen molar-refractivity contribution in [2.75, 3.05) is 49.1 Å². The van der Waals surface area contributed by atoms with Crippen LogP contribution in [0.5, 0.6) is 0 Å². The maximum Gasteiger partial charge on any atom is 0.268 e. The summed E-state index contributed by atoms with van der Waals surface area (Å²) < 4.78 is 1.31. The molecule has 1 unspecified atom stereocenters. The fourth-order valence-corrected chi connectivity index (χ4v) is 3.89. The molecule has 28 heavy (non-hydrogen) atoms. The monoisotopic (exact) mass is 383 g/mol. The van der Waals surface area contributed by atoms with Gasteiger partial charge >= 0.3 is 0 Å². The Labute approximate surface area is 163 Å². The lowest BCUT2D eigenvalue weighted by molar-refractivity contribution is -0.136. The lowest BCUT2D eigenvalue weighted by Gasteiger charge is -2.39. The van der Waals surface area contributed by atoms with E-state index in [0.29, 0.717) is 19.6 Å². The van der Waals surface area contributed by atoms with Crippen LogP contribution in [-0.4, -0.2) is 69.8 Å². The fourth-order valence-electron chi connectivity index (χ4n) is 3.89. The van der Waals surface area contributed by atoms with Gasteiger partial charge in [0, 0.05) is 64.8 Å². The maximum absolute atomic E-state index is 13.1. The molecule has 9 nitrogen and oxygen atoms in total. The molecule has 2 aliphatic rings. The maximum atomic E-state index is 13.1. The number of nitrogens with zero attached hydrogens (tertiary/aromatic N) is 7. The number of aromatic nitrogens is 4. The van der Waals surface area contributed by atoms with Crippen LogP contribution >= 0.6 is 0 Å². The predicted molar refractivity (Wildman–Crippen MR) is 105 cm³/mol. The normalized spacial score (nSPS) is 20.3. The fraction of sp³-hybridized carbons (Fsp3) is 0.526. The summed E-state index contributed by atoms with van der Waals surface area (Å²) in [7, 11) is 1.63. The predicted octanol–water partition coefficient (Wildman–Crippen LogP) is 0.136. The molecule has 0 saturated carbocycles. The molecule has 4 rings (SSSR count). The highest BCUT2D eigenvalue weighted by atomic mass is 16.2. The number of piperazine rings is 1. The minimum absolute atomic E-state index is 0.0441. The van der Waals surface area contributed by atoms with Crippen molar-refractivity contribution in [2.24, 2.45) is 13.0 Å². The topological polar surface area (TPSA) is 87.5 Å². The van der Waals surface area contributed by atoms with Crippen molar-refractivity contribution in [2.45, 2.75) is 12.8 Å². The largest absolute Gasteiger partial charge is 0.369 e. The number of piperidine rings is 1. The molecule has 0 bridgehead atoms. The van der Waals surface area contributed by atoms with E-state index in [1.807, 2.05) is 4.90 Å². The molecule has 0 N–H and O–H groups in total. The SMILES string of the molecule is Cn1ncc(N2CCCC(C(=O)N3CCN(c4ncccn4)CC3)C2)cc1=O. The van der Waals surface area contributed by atoms with E-state index in [9.17, 15) is 9.59 Å². The van der Waals surface area contributed by atoms with E-state index < -0.39 is 0 Å². The van der Waals surface area contributed by atoms with Crippen LogP contribution in [-0.2, 0) is 11.8 Å². The molecule has 9 heteroatoms. The van der Waals surface area contributed by atoms with Crippen molar-refractivity contribution in [1.29, 1.82) is 0 Å². The van der Waals surface area contributed by atoms with Gasteiger partial charge in [-0.25, -0.2) is 14.6 Å². The molecule has 2 fully saturated rings. The Hall–Kier alpha value is -2.97. The Morgan fingerprint density at radius 3 is 2.54 bits per heavy atom.